The molecular formula is C2H7Cl2NaO. The number of aliphatic hydroxyl groups is 1. The first kappa shape index (κ1) is 15.6. The van der Waals surface area contributed by atoms with Gasteiger partial charge >= 0.3 is 29.6 Å². The summed E-state index contributed by atoms with van der Waals surface area (Å²) >= 11 is 9.53. The van der Waals surface area contributed by atoms with Gasteiger partial charge < -0.3 is 6.53 Å². The molecule has 1 N–H and O–H groups in total. The Morgan fingerprint density at radius 2 is 1.50 bits per heavy atom. The first-order valence-corrected chi connectivity index (χ1v) is 2.05. The maximum absolute atomic E-state index is 7.00. The summed E-state index contributed by atoms with van der Waals surface area (Å²) in [5.41, 5.74) is 0. The summed E-state index contributed by atoms with van der Waals surface area (Å²) in [7, 11) is 1.00. The number of aliphatic hydroxyl groups excluding tert-OH is 1. The van der Waals surface area contributed by atoms with Gasteiger partial charge in [-0.15, -0.1) is 23.2 Å². The van der Waals surface area contributed by atoms with Gasteiger partial charge in [0.1, 0.15) is 0 Å². The fourth-order valence-electron chi connectivity index (χ4n) is 0. The number of alkyl halides is 2. The zero-order chi connectivity index (χ0) is 4.71. The third-order valence-corrected chi connectivity index (χ3v) is 0. The normalized spacial score (nSPS) is 4.00. The average molecular weight is 141 g/mol. The van der Waals surface area contributed by atoms with Crippen LogP contribution in [0.2, 0.25) is 0 Å². The summed E-state index contributed by atoms with van der Waals surface area (Å²) in [4.78, 5) is 0. The van der Waals surface area contributed by atoms with Crippen molar-refractivity contribution in [3.05, 3.63) is 0 Å². The van der Waals surface area contributed by atoms with Gasteiger partial charge in [-0.25, -0.2) is 0 Å². The summed E-state index contributed by atoms with van der Waals surface area (Å²) in [6, 6.07) is 0. The van der Waals surface area contributed by atoms with E-state index in [1.165, 1.54) is 0 Å². The molecule has 0 rings (SSSR count). The maximum atomic E-state index is 7.00. The Hall–Kier alpha value is 1.54. The number of hydrogen-bond acceptors (Lipinski definition) is 1. The molecule has 0 amide bonds. The Labute approximate surface area is 71.4 Å². The van der Waals surface area contributed by atoms with Gasteiger partial charge in [0, 0.05) is 7.11 Å². The van der Waals surface area contributed by atoms with E-state index in [2.05, 4.69) is 0 Å². The Kier molecular flexibility index (Phi) is 81.1. The predicted octanol–water partition coefficient (Wildman–Crippen LogP) is -1.85. The van der Waals surface area contributed by atoms with E-state index < -0.39 is 0 Å². The van der Waals surface area contributed by atoms with Crippen molar-refractivity contribution in [3.63, 3.8) is 0 Å². The molecule has 0 spiro atoms. The molecule has 0 saturated heterocycles. The molecule has 0 aliphatic rings. The summed E-state index contributed by atoms with van der Waals surface area (Å²) < 4.78 is 0. The van der Waals surface area contributed by atoms with Gasteiger partial charge in [0.25, 0.3) is 0 Å². The van der Waals surface area contributed by atoms with E-state index in [0.29, 0.717) is 0 Å². The molecule has 0 heterocycles. The summed E-state index contributed by atoms with van der Waals surface area (Å²) in [6.45, 7) is 0. The van der Waals surface area contributed by atoms with E-state index in [9.17, 15) is 0 Å². The van der Waals surface area contributed by atoms with Crippen LogP contribution in [-0.2, 0) is 0 Å². The topological polar surface area (TPSA) is 20.2 Å². The number of rotatable bonds is 0. The summed E-state index contributed by atoms with van der Waals surface area (Å²) in [6.07, 6.45) is 0. The largest absolute Gasteiger partial charge is 1.00 e. The minimum atomic E-state index is 0. The molecule has 0 aromatic rings. The Balaban J connectivity index is -0.0000000105. The van der Waals surface area contributed by atoms with Crippen LogP contribution >= 0.6 is 23.2 Å². The predicted molar refractivity (Wildman–Crippen MR) is 25.8 cm³/mol. The van der Waals surface area contributed by atoms with Crippen LogP contribution in [0.3, 0.4) is 0 Å². The third kappa shape index (κ3) is 48.1. The maximum Gasteiger partial charge on any atom is 1.00 e. The van der Waals surface area contributed by atoms with Crippen LogP contribution in [0.5, 0.6) is 0 Å². The van der Waals surface area contributed by atoms with Crippen LogP contribution in [0.4, 0.5) is 0 Å². The first-order valence-electron chi connectivity index (χ1n) is 0.982. The van der Waals surface area contributed by atoms with Crippen molar-refractivity contribution >= 4 is 23.2 Å². The summed E-state index contributed by atoms with van der Waals surface area (Å²) in [5, 5.41) is 7.19. The molecule has 0 unspecified atom stereocenters. The van der Waals surface area contributed by atoms with Gasteiger partial charge in [0.05, 0.1) is 5.34 Å². The number of halogens is 2. The molecular weight excluding hydrogens is 134 g/mol. The molecule has 0 aromatic carbocycles. The van der Waals surface area contributed by atoms with Crippen molar-refractivity contribution in [2.24, 2.45) is 0 Å². The van der Waals surface area contributed by atoms with E-state index in [1.807, 2.05) is 0 Å². The second kappa shape index (κ2) is 31.1. The van der Waals surface area contributed by atoms with E-state index >= 15 is 0 Å². The standard InChI is InChI=1S/CH2Cl2.CH4O.Na.H/c2-1-3;1-2;;/h1H2;2H,1H3;;/q;;+1;-1. The zero-order valence-corrected chi connectivity index (χ0v) is 7.42. The Bertz CT molecular complexity index is 15.7. The van der Waals surface area contributed by atoms with E-state index in [-0.39, 0.29) is 36.3 Å². The zero-order valence-electron chi connectivity index (χ0n) is 4.91. The van der Waals surface area contributed by atoms with Gasteiger partial charge in [-0.3, -0.25) is 0 Å². The Morgan fingerprint density at radius 3 is 1.50 bits per heavy atom. The molecule has 0 bridgehead atoms. The smallest absolute Gasteiger partial charge is 1.00 e. The first-order chi connectivity index (χ1) is 2.41. The van der Waals surface area contributed by atoms with Crippen LogP contribution in [0.25, 0.3) is 0 Å². The SMILES string of the molecule is CO.ClCCl.[H-].[Na+]. The van der Waals surface area contributed by atoms with Gasteiger partial charge in [0.15, 0.2) is 0 Å². The molecule has 0 aliphatic carbocycles. The van der Waals surface area contributed by atoms with E-state index in [1.54, 1.807) is 0 Å². The van der Waals surface area contributed by atoms with Crippen molar-refractivity contribution in [1.82, 2.24) is 0 Å². The molecule has 6 heavy (non-hydrogen) atoms. The molecule has 1 nitrogen and oxygen atoms in total. The fourth-order valence-corrected chi connectivity index (χ4v) is 0. The molecule has 0 radical (unpaired) electrons. The van der Waals surface area contributed by atoms with Gasteiger partial charge in [0.2, 0.25) is 0 Å². The quantitative estimate of drug-likeness (QED) is 0.310. The monoisotopic (exact) mass is 140 g/mol. The van der Waals surface area contributed by atoms with Crippen molar-refractivity contribution in [1.29, 1.82) is 0 Å². The van der Waals surface area contributed by atoms with E-state index in [0.717, 1.165) is 7.11 Å². The third-order valence-electron chi connectivity index (χ3n) is 0. The van der Waals surface area contributed by atoms with Crippen LogP contribution in [0, 0.1) is 0 Å². The van der Waals surface area contributed by atoms with Gasteiger partial charge in [-0.05, 0) is 0 Å². The summed E-state index contributed by atoms with van der Waals surface area (Å²) in [5.74, 6) is 0. The molecule has 0 aromatic heterocycles. The van der Waals surface area contributed by atoms with E-state index in [4.69, 9.17) is 28.3 Å². The van der Waals surface area contributed by atoms with Gasteiger partial charge in [-0.2, -0.15) is 0 Å². The minimum Gasteiger partial charge on any atom is -1.00 e. The van der Waals surface area contributed by atoms with Crippen molar-refractivity contribution < 1.29 is 36.1 Å². The Morgan fingerprint density at radius 1 is 1.50 bits per heavy atom. The average Bonchev–Trinajstić information content (AvgIpc) is 1.46. The molecule has 0 fully saturated rings. The van der Waals surface area contributed by atoms with Crippen molar-refractivity contribution in [2.75, 3.05) is 12.4 Å². The van der Waals surface area contributed by atoms with Crippen LogP contribution in [0.15, 0.2) is 0 Å². The van der Waals surface area contributed by atoms with Crippen molar-refractivity contribution in [2.45, 2.75) is 0 Å². The second-order valence-corrected chi connectivity index (χ2v) is 0.909. The van der Waals surface area contributed by atoms with Crippen LogP contribution in [-0.4, -0.2) is 17.6 Å². The second-order valence-electron chi connectivity index (χ2n) is 0.101. The molecule has 0 atom stereocenters. The fraction of sp³-hybridized carbons (Fsp3) is 1.00. The van der Waals surface area contributed by atoms with Crippen molar-refractivity contribution in [3.8, 4) is 0 Å². The minimum absolute atomic E-state index is 0. The van der Waals surface area contributed by atoms with Crippen LogP contribution in [0.1, 0.15) is 1.43 Å². The van der Waals surface area contributed by atoms with Gasteiger partial charge in [-0.1, -0.05) is 0 Å². The molecule has 0 aliphatic heterocycles. The number of hydrogen-bond donors (Lipinski definition) is 1. The van der Waals surface area contributed by atoms with Crippen LogP contribution < -0.4 is 29.6 Å². The molecule has 0 saturated carbocycles. The molecule has 4 heteroatoms. The molecule has 36 valence electrons.